The Hall–Kier alpha value is -0.120. The van der Waals surface area contributed by atoms with Gasteiger partial charge in [0.25, 0.3) is 0 Å². The SMILES string of the molecule is CCOC1CC(N)(CN2CCCC3CCCC32)C1(C)C. The summed E-state index contributed by atoms with van der Waals surface area (Å²) in [6, 6.07) is 0.825. The Morgan fingerprint density at radius 2 is 1.95 bits per heavy atom. The summed E-state index contributed by atoms with van der Waals surface area (Å²) >= 11 is 0. The van der Waals surface area contributed by atoms with Crippen LogP contribution in [-0.2, 0) is 4.74 Å². The average Bonchev–Trinajstić information content (AvgIpc) is 2.88. The summed E-state index contributed by atoms with van der Waals surface area (Å²) < 4.78 is 5.87. The molecule has 1 saturated heterocycles. The van der Waals surface area contributed by atoms with E-state index in [1.54, 1.807) is 0 Å². The monoisotopic (exact) mass is 280 g/mol. The van der Waals surface area contributed by atoms with Crippen LogP contribution in [0.2, 0.25) is 0 Å². The van der Waals surface area contributed by atoms with E-state index in [2.05, 4.69) is 25.7 Å². The third-order valence-corrected chi connectivity index (χ3v) is 6.60. The minimum Gasteiger partial charge on any atom is -0.378 e. The van der Waals surface area contributed by atoms with Gasteiger partial charge in [-0.25, -0.2) is 0 Å². The average molecular weight is 280 g/mol. The van der Waals surface area contributed by atoms with E-state index in [0.717, 1.165) is 31.5 Å². The highest BCUT2D eigenvalue weighted by atomic mass is 16.5. The Kier molecular flexibility index (Phi) is 3.89. The summed E-state index contributed by atoms with van der Waals surface area (Å²) in [4.78, 5) is 2.73. The molecular weight excluding hydrogens is 248 g/mol. The maximum Gasteiger partial charge on any atom is 0.0662 e. The fourth-order valence-electron chi connectivity index (χ4n) is 4.89. The molecule has 0 aromatic heterocycles. The second-order valence-corrected chi connectivity index (χ2v) is 7.90. The van der Waals surface area contributed by atoms with E-state index in [0.29, 0.717) is 6.10 Å². The summed E-state index contributed by atoms with van der Waals surface area (Å²) in [7, 11) is 0. The smallest absolute Gasteiger partial charge is 0.0662 e. The van der Waals surface area contributed by atoms with E-state index in [9.17, 15) is 0 Å². The molecule has 2 N–H and O–H groups in total. The quantitative estimate of drug-likeness (QED) is 0.860. The van der Waals surface area contributed by atoms with Gasteiger partial charge in [-0.1, -0.05) is 20.3 Å². The summed E-state index contributed by atoms with van der Waals surface area (Å²) in [6.07, 6.45) is 8.47. The molecule has 2 aliphatic carbocycles. The third-order valence-electron chi connectivity index (χ3n) is 6.60. The summed E-state index contributed by atoms with van der Waals surface area (Å²) in [5.74, 6) is 0.957. The summed E-state index contributed by atoms with van der Waals surface area (Å²) in [5.41, 5.74) is 6.84. The molecule has 0 radical (unpaired) electrons. The largest absolute Gasteiger partial charge is 0.378 e. The molecule has 0 amide bonds. The van der Waals surface area contributed by atoms with Crippen molar-refractivity contribution >= 4 is 0 Å². The zero-order valence-corrected chi connectivity index (χ0v) is 13.5. The van der Waals surface area contributed by atoms with Gasteiger partial charge in [0.2, 0.25) is 0 Å². The van der Waals surface area contributed by atoms with Crippen LogP contribution in [0, 0.1) is 11.3 Å². The van der Waals surface area contributed by atoms with E-state index in [-0.39, 0.29) is 11.0 Å². The first-order valence-corrected chi connectivity index (χ1v) is 8.62. The zero-order valence-electron chi connectivity index (χ0n) is 13.5. The molecule has 3 fully saturated rings. The summed E-state index contributed by atoms with van der Waals surface area (Å²) in [6.45, 7) is 9.82. The molecule has 3 rings (SSSR count). The van der Waals surface area contributed by atoms with Crippen LogP contribution in [0.1, 0.15) is 59.3 Å². The number of likely N-dealkylation sites (tertiary alicyclic amines) is 1. The molecule has 0 aromatic rings. The van der Waals surface area contributed by atoms with Crippen molar-refractivity contribution in [3.05, 3.63) is 0 Å². The predicted octanol–water partition coefficient (Wildman–Crippen LogP) is 2.78. The molecule has 0 spiro atoms. The Morgan fingerprint density at radius 1 is 1.20 bits per heavy atom. The van der Waals surface area contributed by atoms with Gasteiger partial charge in [-0.05, 0) is 51.5 Å². The van der Waals surface area contributed by atoms with Crippen LogP contribution in [0.25, 0.3) is 0 Å². The fraction of sp³-hybridized carbons (Fsp3) is 1.00. The van der Waals surface area contributed by atoms with Gasteiger partial charge >= 0.3 is 0 Å². The molecule has 116 valence electrons. The lowest BCUT2D eigenvalue weighted by atomic mass is 9.54. The van der Waals surface area contributed by atoms with Crippen LogP contribution < -0.4 is 5.73 Å². The molecule has 2 saturated carbocycles. The van der Waals surface area contributed by atoms with E-state index >= 15 is 0 Å². The molecule has 3 heteroatoms. The van der Waals surface area contributed by atoms with E-state index < -0.39 is 0 Å². The maximum atomic E-state index is 6.79. The predicted molar refractivity (Wildman–Crippen MR) is 82.7 cm³/mol. The second-order valence-electron chi connectivity index (χ2n) is 7.90. The summed E-state index contributed by atoms with van der Waals surface area (Å²) in [5, 5.41) is 0. The van der Waals surface area contributed by atoms with Crippen molar-refractivity contribution in [1.82, 2.24) is 4.90 Å². The first kappa shape index (κ1) is 14.8. The van der Waals surface area contributed by atoms with Crippen molar-refractivity contribution < 1.29 is 4.74 Å². The van der Waals surface area contributed by atoms with Crippen LogP contribution in [0.4, 0.5) is 0 Å². The fourth-order valence-corrected chi connectivity index (χ4v) is 4.89. The lowest BCUT2D eigenvalue weighted by Crippen LogP contribution is -2.74. The van der Waals surface area contributed by atoms with Gasteiger partial charge in [0, 0.05) is 30.1 Å². The molecule has 4 unspecified atom stereocenters. The van der Waals surface area contributed by atoms with Gasteiger partial charge < -0.3 is 10.5 Å². The number of nitrogens with two attached hydrogens (primary N) is 1. The number of nitrogens with zero attached hydrogens (tertiary/aromatic N) is 1. The van der Waals surface area contributed by atoms with Crippen molar-refractivity contribution in [1.29, 1.82) is 0 Å². The number of hydrogen-bond acceptors (Lipinski definition) is 3. The van der Waals surface area contributed by atoms with Crippen molar-refractivity contribution in [2.24, 2.45) is 17.1 Å². The molecule has 20 heavy (non-hydrogen) atoms. The standard InChI is InChI=1S/C17H32N2O/c1-4-20-15-11-17(18,16(15,2)3)12-19-10-6-8-13-7-5-9-14(13)19/h13-15H,4-12,18H2,1-3H3. The number of ether oxygens (including phenoxy) is 1. The van der Waals surface area contributed by atoms with E-state index in [4.69, 9.17) is 10.5 Å². The molecular formula is C17H32N2O. The molecule has 4 atom stereocenters. The first-order valence-electron chi connectivity index (χ1n) is 8.62. The van der Waals surface area contributed by atoms with Crippen LogP contribution in [0.15, 0.2) is 0 Å². The Bertz CT molecular complexity index is 357. The van der Waals surface area contributed by atoms with Gasteiger partial charge in [0.15, 0.2) is 0 Å². The lowest BCUT2D eigenvalue weighted by molar-refractivity contribution is -0.160. The second kappa shape index (κ2) is 5.26. The molecule has 0 bridgehead atoms. The Balaban J connectivity index is 1.65. The van der Waals surface area contributed by atoms with Gasteiger partial charge in [0.05, 0.1) is 6.10 Å². The Labute approximate surface area is 124 Å². The minimum atomic E-state index is -0.0582. The van der Waals surface area contributed by atoms with Crippen molar-refractivity contribution in [2.45, 2.75) is 77.0 Å². The number of hydrogen-bond donors (Lipinski definition) is 1. The molecule has 1 heterocycles. The number of rotatable bonds is 4. The third kappa shape index (κ3) is 2.22. The Morgan fingerprint density at radius 3 is 2.65 bits per heavy atom. The zero-order chi connectivity index (χ0) is 14.4. The van der Waals surface area contributed by atoms with Crippen LogP contribution in [-0.4, -0.2) is 42.3 Å². The number of fused-ring (bicyclic) bond motifs is 1. The normalized spacial score (nSPS) is 44.1. The maximum absolute atomic E-state index is 6.79. The van der Waals surface area contributed by atoms with E-state index in [1.165, 1.54) is 38.6 Å². The number of piperidine rings is 1. The van der Waals surface area contributed by atoms with Crippen LogP contribution in [0.3, 0.4) is 0 Å². The highest BCUT2D eigenvalue weighted by molar-refractivity contribution is 5.15. The van der Waals surface area contributed by atoms with Gasteiger partial charge in [-0.3, -0.25) is 4.90 Å². The van der Waals surface area contributed by atoms with Crippen molar-refractivity contribution in [2.75, 3.05) is 19.7 Å². The highest BCUT2D eigenvalue weighted by Crippen LogP contribution is 2.51. The topological polar surface area (TPSA) is 38.5 Å². The van der Waals surface area contributed by atoms with E-state index in [1.807, 2.05) is 0 Å². The van der Waals surface area contributed by atoms with Crippen molar-refractivity contribution in [3.8, 4) is 0 Å². The van der Waals surface area contributed by atoms with Crippen LogP contribution >= 0.6 is 0 Å². The molecule has 3 aliphatic rings. The first-order chi connectivity index (χ1) is 9.48. The van der Waals surface area contributed by atoms with Crippen molar-refractivity contribution in [3.63, 3.8) is 0 Å². The molecule has 1 aliphatic heterocycles. The van der Waals surface area contributed by atoms with Gasteiger partial charge in [-0.2, -0.15) is 0 Å². The lowest BCUT2D eigenvalue weighted by Gasteiger charge is -2.61. The highest BCUT2D eigenvalue weighted by Gasteiger charge is 2.59. The molecule has 3 nitrogen and oxygen atoms in total. The van der Waals surface area contributed by atoms with Gasteiger partial charge in [-0.15, -0.1) is 0 Å². The molecule has 0 aromatic carbocycles. The van der Waals surface area contributed by atoms with Gasteiger partial charge in [0.1, 0.15) is 0 Å². The van der Waals surface area contributed by atoms with Crippen LogP contribution in [0.5, 0.6) is 0 Å². The minimum absolute atomic E-state index is 0.0582.